The first kappa shape index (κ1) is 22.6. The fraction of sp³-hybridized carbons (Fsp3) is 0.250. The van der Waals surface area contributed by atoms with Crippen molar-refractivity contribution in [3.63, 3.8) is 0 Å². The SMILES string of the molecule is CC(C)=C/C=C(\C)c1cnc2c(Nc3ccccc3)cc(CNCc3ccc(C)n3C)cn12. The topological polar surface area (TPSA) is 46.3 Å². The number of para-hydroxylation sites is 1. The van der Waals surface area contributed by atoms with E-state index in [-0.39, 0.29) is 0 Å². The first-order valence-corrected chi connectivity index (χ1v) is 11.4. The number of hydrogen-bond acceptors (Lipinski definition) is 3. The van der Waals surface area contributed by atoms with Gasteiger partial charge in [-0.2, -0.15) is 0 Å². The molecule has 2 N–H and O–H groups in total. The molecule has 0 saturated heterocycles. The number of allylic oxidation sites excluding steroid dienone is 4. The van der Waals surface area contributed by atoms with Crippen molar-refractivity contribution in [3.05, 3.63) is 101 Å². The Labute approximate surface area is 196 Å². The Morgan fingerprint density at radius 2 is 1.79 bits per heavy atom. The average molecular weight is 440 g/mol. The number of benzene rings is 1. The summed E-state index contributed by atoms with van der Waals surface area (Å²) >= 11 is 0. The first-order chi connectivity index (χ1) is 15.9. The minimum Gasteiger partial charge on any atom is -0.352 e. The molecular formula is C28H33N5. The second-order valence-electron chi connectivity index (χ2n) is 8.81. The molecule has 4 rings (SSSR count). The third kappa shape index (κ3) is 5.26. The molecule has 3 heterocycles. The van der Waals surface area contributed by atoms with Crippen LogP contribution >= 0.6 is 0 Å². The Morgan fingerprint density at radius 1 is 1.00 bits per heavy atom. The predicted molar refractivity (Wildman–Crippen MR) is 139 cm³/mol. The van der Waals surface area contributed by atoms with Crippen molar-refractivity contribution in [1.82, 2.24) is 19.3 Å². The lowest BCUT2D eigenvalue weighted by atomic mass is 10.2. The number of aromatic nitrogens is 3. The largest absolute Gasteiger partial charge is 0.352 e. The normalized spacial score (nSPS) is 11.7. The summed E-state index contributed by atoms with van der Waals surface area (Å²) in [5.74, 6) is 0. The molecule has 0 amide bonds. The Hall–Kier alpha value is -3.57. The molecule has 3 aromatic heterocycles. The standard InChI is InChI=1S/C28H33N5/c1-20(2)11-12-21(3)27-18-30-28-26(31-24-9-7-6-8-10-24)15-23(19-33(27)28)16-29-17-25-14-13-22(4)32(25)5/h6-15,18-19,29,31H,16-17H2,1-5H3/b21-12+. The molecule has 5 nitrogen and oxygen atoms in total. The summed E-state index contributed by atoms with van der Waals surface area (Å²) in [5, 5.41) is 7.17. The maximum Gasteiger partial charge on any atom is 0.161 e. The molecule has 0 aliphatic rings. The maximum atomic E-state index is 4.76. The van der Waals surface area contributed by atoms with Crippen LogP contribution in [-0.4, -0.2) is 14.0 Å². The van der Waals surface area contributed by atoms with E-state index in [0.717, 1.165) is 35.8 Å². The quantitative estimate of drug-likeness (QED) is 0.313. The molecule has 0 radical (unpaired) electrons. The Balaban J connectivity index is 1.67. The smallest absolute Gasteiger partial charge is 0.161 e. The van der Waals surface area contributed by atoms with Crippen molar-refractivity contribution in [2.75, 3.05) is 5.32 Å². The number of fused-ring (bicyclic) bond motifs is 1. The van der Waals surface area contributed by atoms with Gasteiger partial charge in [0.15, 0.2) is 5.65 Å². The molecule has 33 heavy (non-hydrogen) atoms. The van der Waals surface area contributed by atoms with Gasteiger partial charge in [-0.25, -0.2) is 4.98 Å². The highest BCUT2D eigenvalue weighted by Gasteiger charge is 2.12. The van der Waals surface area contributed by atoms with Gasteiger partial charge in [-0.05, 0) is 69.2 Å². The van der Waals surface area contributed by atoms with E-state index in [2.05, 4.69) is 103 Å². The Morgan fingerprint density at radius 3 is 2.48 bits per heavy atom. The second kappa shape index (κ2) is 9.92. The summed E-state index contributed by atoms with van der Waals surface area (Å²) in [4.78, 5) is 4.76. The minimum atomic E-state index is 0.762. The summed E-state index contributed by atoms with van der Waals surface area (Å²) < 4.78 is 4.42. The van der Waals surface area contributed by atoms with Crippen LogP contribution in [0.25, 0.3) is 11.2 Å². The van der Waals surface area contributed by atoms with E-state index in [1.54, 1.807) is 0 Å². The molecule has 0 unspecified atom stereocenters. The number of hydrogen-bond donors (Lipinski definition) is 2. The van der Waals surface area contributed by atoms with Gasteiger partial charge >= 0.3 is 0 Å². The summed E-state index contributed by atoms with van der Waals surface area (Å²) in [6, 6.07) is 16.8. The molecule has 170 valence electrons. The highest BCUT2D eigenvalue weighted by molar-refractivity contribution is 5.77. The van der Waals surface area contributed by atoms with E-state index in [4.69, 9.17) is 4.98 Å². The number of imidazole rings is 1. The summed E-state index contributed by atoms with van der Waals surface area (Å²) in [7, 11) is 2.11. The number of rotatable bonds is 8. The molecule has 0 bridgehead atoms. The van der Waals surface area contributed by atoms with Gasteiger partial charge in [-0.15, -0.1) is 0 Å². The van der Waals surface area contributed by atoms with Gasteiger partial charge in [0.25, 0.3) is 0 Å². The van der Waals surface area contributed by atoms with Crippen molar-refractivity contribution in [2.24, 2.45) is 7.05 Å². The van der Waals surface area contributed by atoms with Crippen LogP contribution < -0.4 is 10.6 Å². The van der Waals surface area contributed by atoms with Gasteiger partial charge in [0.05, 0.1) is 17.6 Å². The van der Waals surface area contributed by atoms with Crippen molar-refractivity contribution in [1.29, 1.82) is 0 Å². The maximum absolute atomic E-state index is 4.76. The predicted octanol–water partition coefficient (Wildman–Crippen LogP) is 6.38. The third-order valence-corrected chi connectivity index (χ3v) is 5.90. The lowest BCUT2D eigenvalue weighted by Crippen LogP contribution is -2.16. The van der Waals surface area contributed by atoms with Crippen LogP contribution in [0.15, 0.2) is 78.6 Å². The van der Waals surface area contributed by atoms with E-state index in [1.165, 1.54) is 28.1 Å². The van der Waals surface area contributed by atoms with Gasteiger partial charge in [0.1, 0.15) is 0 Å². The zero-order chi connectivity index (χ0) is 23.4. The first-order valence-electron chi connectivity index (χ1n) is 11.4. The van der Waals surface area contributed by atoms with Crippen LogP contribution in [0.3, 0.4) is 0 Å². The lowest BCUT2D eigenvalue weighted by Gasteiger charge is -2.13. The number of nitrogens with zero attached hydrogens (tertiary/aromatic N) is 3. The number of aryl methyl sites for hydroxylation is 1. The van der Waals surface area contributed by atoms with Crippen LogP contribution in [0.1, 0.15) is 43.4 Å². The van der Waals surface area contributed by atoms with Gasteiger partial charge in [-0.3, -0.25) is 4.40 Å². The zero-order valence-corrected chi connectivity index (χ0v) is 20.2. The summed E-state index contributed by atoms with van der Waals surface area (Å²) in [5.41, 5.74) is 10.3. The van der Waals surface area contributed by atoms with E-state index >= 15 is 0 Å². The van der Waals surface area contributed by atoms with Gasteiger partial charge in [-0.1, -0.05) is 35.9 Å². The molecule has 0 aliphatic carbocycles. The Kier molecular flexibility index (Phi) is 6.80. The molecule has 0 atom stereocenters. The van der Waals surface area contributed by atoms with Crippen molar-refractivity contribution >= 4 is 22.6 Å². The monoisotopic (exact) mass is 439 g/mol. The van der Waals surface area contributed by atoms with E-state index in [0.29, 0.717) is 0 Å². The number of anilines is 2. The van der Waals surface area contributed by atoms with Gasteiger partial charge in [0, 0.05) is 43.4 Å². The molecule has 0 saturated carbocycles. The highest BCUT2D eigenvalue weighted by atomic mass is 15.1. The van der Waals surface area contributed by atoms with Crippen molar-refractivity contribution in [2.45, 2.75) is 40.8 Å². The lowest BCUT2D eigenvalue weighted by molar-refractivity contribution is 0.649. The molecular weight excluding hydrogens is 406 g/mol. The number of pyridine rings is 1. The third-order valence-electron chi connectivity index (χ3n) is 5.90. The van der Waals surface area contributed by atoms with Crippen molar-refractivity contribution < 1.29 is 0 Å². The van der Waals surface area contributed by atoms with Crippen LogP contribution in [0.5, 0.6) is 0 Å². The van der Waals surface area contributed by atoms with Crippen LogP contribution in [-0.2, 0) is 20.1 Å². The van der Waals surface area contributed by atoms with Gasteiger partial charge in [0.2, 0.25) is 0 Å². The van der Waals surface area contributed by atoms with Gasteiger partial charge < -0.3 is 15.2 Å². The van der Waals surface area contributed by atoms with E-state index < -0.39 is 0 Å². The summed E-state index contributed by atoms with van der Waals surface area (Å²) in [6.45, 7) is 10.1. The fourth-order valence-corrected chi connectivity index (χ4v) is 3.86. The van der Waals surface area contributed by atoms with E-state index in [1.807, 2.05) is 24.4 Å². The van der Waals surface area contributed by atoms with Crippen LogP contribution in [0, 0.1) is 6.92 Å². The zero-order valence-electron chi connectivity index (χ0n) is 20.2. The highest BCUT2D eigenvalue weighted by Crippen LogP contribution is 2.26. The minimum absolute atomic E-state index is 0.762. The van der Waals surface area contributed by atoms with E-state index in [9.17, 15) is 0 Å². The molecule has 0 fully saturated rings. The van der Waals surface area contributed by atoms with Crippen molar-refractivity contribution in [3.8, 4) is 0 Å². The molecule has 0 aliphatic heterocycles. The van der Waals surface area contributed by atoms with Crippen LogP contribution in [0.4, 0.5) is 11.4 Å². The van der Waals surface area contributed by atoms with Crippen LogP contribution in [0.2, 0.25) is 0 Å². The molecule has 1 aromatic carbocycles. The Bertz CT molecular complexity index is 1300. The number of nitrogens with one attached hydrogen (secondary N) is 2. The molecule has 0 spiro atoms. The summed E-state index contributed by atoms with van der Waals surface area (Å²) in [6.07, 6.45) is 8.45. The molecule has 4 aromatic rings. The average Bonchev–Trinajstić information content (AvgIpc) is 3.37. The second-order valence-corrected chi connectivity index (χ2v) is 8.81. The molecule has 5 heteroatoms. The fourth-order valence-electron chi connectivity index (χ4n) is 3.86.